The minimum absolute atomic E-state index is 0.187. The first-order chi connectivity index (χ1) is 15.3. The van der Waals surface area contributed by atoms with Crippen molar-refractivity contribution in [1.82, 2.24) is 5.32 Å². The number of esters is 1. The average Bonchev–Trinajstić information content (AvgIpc) is 3.21. The molecule has 1 N–H and O–H groups in total. The van der Waals surface area contributed by atoms with Crippen LogP contribution in [0.15, 0.2) is 59.5 Å². The summed E-state index contributed by atoms with van der Waals surface area (Å²) in [6.07, 6.45) is 4.27. The summed E-state index contributed by atoms with van der Waals surface area (Å²) in [4.78, 5) is 23.7. The second-order valence-corrected chi connectivity index (χ2v) is 9.86. The van der Waals surface area contributed by atoms with Crippen molar-refractivity contribution in [3.05, 3.63) is 65.7 Å². The lowest BCUT2D eigenvalue weighted by atomic mass is 10.1. The Bertz CT molecular complexity index is 1090. The number of hydrogen-bond acceptors (Lipinski definition) is 5. The zero-order chi connectivity index (χ0) is 23.1. The number of ether oxygens (including phenoxy) is 1. The summed E-state index contributed by atoms with van der Waals surface area (Å²) in [6, 6.07) is 13.8. The van der Waals surface area contributed by atoms with E-state index in [9.17, 15) is 18.0 Å². The van der Waals surface area contributed by atoms with Crippen LogP contribution >= 0.6 is 0 Å². The molecule has 2 aromatic rings. The van der Waals surface area contributed by atoms with Gasteiger partial charge >= 0.3 is 5.97 Å². The molecule has 0 saturated carbocycles. The van der Waals surface area contributed by atoms with E-state index in [2.05, 4.69) is 19.2 Å². The van der Waals surface area contributed by atoms with Crippen LogP contribution in [0.25, 0.3) is 6.08 Å². The molecule has 0 unspecified atom stereocenters. The number of para-hydroxylation sites is 1. The minimum Gasteiger partial charge on any atom is -0.452 e. The molecule has 0 aliphatic carbocycles. The number of hydrogen-bond donors (Lipinski definition) is 1. The molecule has 1 aliphatic heterocycles. The van der Waals surface area contributed by atoms with E-state index in [-0.39, 0.29) is 17.4 Å². The zero-order valence-corrected chi connectivity index (χ0v) is 19.1. The Morgan fingerprint density at radius 1 is 1.12 bits per heavy atom. The second-order valence-electron chi connectivity index (χ2n) is 8.00. The van der Waals surface area contributed by atoms with Gasteiger partial charge in [0.1, 0.15) is 0 Å². The van der Waals surface area contributed by atoms with Crippen molar-refractivity contribution >= 4 is 33.7 Å². The maximum atomic E-state index is 13.0. The topological polar surface area (TPSA) is 92.8 Å². The van der Waals surface area contributed by atoms with Crippen molar-refractivity contribution in [2.24, 2.45) is 5.92 Å². The largest absolute Gasteiger partial charge is 0.452 e. The maximum absolute atomic E-state index is 13.0. The third-order valence-corrected chi connectivity index (χ3v) is 6.94. The van der Waals surface area contributed by atoms with Crippen LogP contribution in [0.3, 0.4) is 0 Å². The molecule has 170 valence electrons. The summed E-state index contributed by atoms with van der Waals surface area (Å²) >= 11 is 0. The zero-order valence-electron chi connectivity index (χ0n) is 18.3. The number of amides is 1. The highest BCUT2D eigenvalue weighted by atomic mass is 32.2. The lowest BCUT2D eigenvalue weighted by Gasteiger charge is -2.19. The first-order valence-electron chi connectivity index (χ1n) is 10.6. The number of rotatable bonds is 9. The Hall–Kier alpha value is -3.13. The molecule has 32 heavy (non-hydrogen) atoms. The summed E-state index contributed by atoms with van der Waals surface area (Å²) in [5.74, 6) is -0.506. The van der Waals surface area contributed by atoms with Crippen LogP contribution in [0.4, 0.5) is 5.69 Å². The van der Waals surface area contributed by atoms with E-state index in [0.29, 0.717) is 36.7 Å². The van der Waals surface area contributed by atoms with Gasteiger partial charge in [0.25, 0.3) is 15.9 Å². The third kappa shape index (κ3) is 5.97. The molecular formula is C24H28N2O5S. The molecule has 1 amide bonds. The van der Waals surface area contributed by atoms with Crippen LogP contribution in [0.2, 0.25) is 0 Å². The van der Waals surface area contributed by atoms with Crippen LogP contribution in [-0.4, -0.2) is 40.0 Å². The first-order valence-corrected chi connectivity index (χ1v) is 12.0. The van der Waals surface area contributed by atoms with Gasteiger partial charge in [-0.2, -0.15) is 0 Å². The standard InChI is InChI=1S/C24H28N2O5S/c1-18(2)13-15-25-23(27)17-31-24(28)12-9-19-7-10-21(11-8-19)32(29,30)26-16-14-20-5-3-4-6-22(20)26/h3-12,18H,13-17H2,1-2H3,(H,25,27)/b12-9+. The van der Waals surface area contributed by atoms with E-state index in [1.807, 2.05) is 24.3 Å². The van der Waals surface area contributed by atoms with Gasteiger partial charge in [-0.15, -0.1) is 0 Å². The molecule has 0 fully saturated rings. The van der Waals surface area contributed by atoms with E-state index in [4.69, 9.17) is 4.74 Å². The Labute approximate surface area is 189 Å². The highest BCUT2D eigenvalue weighted by Gasteiger charge is 2.30. The van der Waals surface area contributed by atoms with E-state index < -0.39 is 16.0 Å². The van der Waals surface area contributed by atoms with Crippen molar-refractivity contribution in [2.45, 2.75) is 31.6 Å². The number of nitrogens with one attached hydrogen (secondary N) is 1. The summed E-state index contributed by atoms with van der Waals surface area (Å²) in [6.45, 7) is 4.74. The Morgan fingerprint density at radius 2 is 1.84 bits per heavy atom. The van der Waals surface area contributed by atoms with Gasteiger partial charge in [-0.05, 0) is 54.2 Å². The van der Waals surface area contributed by atoms with Crippen molar-refractivity contribution in [1.29, 1.82) is 0 Å². The van der Waals surface area contributed by atoms with Gasteiger partial charge < -0.3 is 10.1 Å². The third-order valence-electron chi connectivity index (χ3n) is 5.11. The maximum Gasteiger partial charge on any atom is 0.331 e. The summed E-state index contributed by atoms with van der Waals surface area (Å²) in [7, 11) is -3.66. The number of anilines is 1. The fourth-order valence-electron chi connectivity index (χ4n) is 3.34. The lowest BCUT2D eigenvalue weighted by molar-refractivity contribution is -0.143. The molecule has 1 aliphatic rings. The molecule has 0 saturated heterocycles. The molecule has 1 heterocycles. The van der Waals surface area contributed by atoms with Crippen LogP contribution in [0, 0.1) is 5.92 Å². The molecular weight excluding hydrogens is 428 g/mol. The first kappa shape index (κ1) is 23.5. The van der Waals surface area contributed by atoms with Gasteiger partial charge in [-0.1, -0.05) is 44.2 Å². The van der Waals surface area contributed by atoms with Gasteiger partial charge in [0, 0.05) is 19.2 Å². The highest BCUT2D eigenvalue weighted by Crippen LogP contribution is 2.32. The van der Waals surface area contributed by atoms with E-state index >= 15 is 0 Å². The molecule has 7 nitrogen and oxygen atoms in total. The number of carbonyl (C=O) groups excluding carboxylic acids is 2. The highest BCUT2D eigenvalue weighted by molar-refractivity contribution is 7.92. The molecule has 2 aromatic carbocycles. The van der Waals surface area contributed by atoms with Crippen molar-refractivity contribution in [3.8, 4) is 0 Å². The molecule has 0 bridgehead atoms. The lowest BCUT2D eigenvalue weighted by Crippen LogP contribution is -2.29. The van der Waals surface area contributed by atoms with Gasteiger partial charge in [-0.25, -0.2) is 13.2 Å². The van der Waals surface area contributed by atoms with Crippen LogP contribution in [0.5, 0.6) is 0 Å². The van der Waals surface area contributed by atoms with Gasteiger partial charge in [-0.3, -0.25) is 9.10 Å². The SMILES string of the molecule is CC(C)CCNC(=O)COC(=O)/C=C/c1ccc(S(=O)(=O)N2CCc3ccccc32)cc1. The molecule has 8 heteroatoms. The Kier molecular flexibility index (Phi) is 7.69. The number of benzene rings is 2. The smallest absolute Gasteiger partial charge is 0.331 e. The molecule has 0 spiro atoms. The molecule has 0 radical (unpaired) electrons. The fraction of sp³-hybridized carbons (Fsp3) is 0.333. The second kappa shape index (κ2) is 10.5. The van der Waals surface area contributed by atoms with Crippen molar-refractivity contribution < 1.29 is 22.7 Å². The monoisotopic (exact) mass is 456 g/mol. The van der Waals surface area contributed by atoms with Gasteiger partial charge in [0.05, 0.1) is 10.6 Å². The van der Waals surface area contributed by atoms with E-state index in [1.54, 1.807) is 12.1 Å². The van der Waals surface area contributed by atoms with Gasteiger partial charge in [0.2, 0.25) is 0 Å². The quantitative estimate of drug-likeness (QED) is 0.462. The van der Waals surface area contributed by atoms with Crippen LogP contribution in [0.1, 0.15) is 31.4 Å². The number of nitrogens with zero attached hydrogens (tertiary/aromatic N) is 1. The molecule has 0 atom stereocenters. The predicted octanol–water partition coefficient (Wildman–Crippen LogP) is 3.16. The van der Waals surface area contributed by atoms with E-state index in [0.717, 1.165) is 12.0 Å². The minimum atomic E-state index is -3.66. The normalized spacial score (nSPS) is 13.4. The number of fused-ring (bicyclic) bond motifs is 1. The average molecular weight is 457 g/mol. The van der Waals surface area contributed by atoms with Crippen LogP contribution in [-0.2, 0) is 30.8 Å². The van der Waals surface area contributed by atoms with Crippen molar-refractivity contribution in [3.63, 3.8) is 0 Å². The molecule has 0 aromatic heterocycles. The van der Waals surface area contributed by atoms with Gasteiger partial charge in [0.15, 0.2) is 6.61 Å². The number of carbonyl (C=O) groups is 2. The summed E-state index contributed by atoms with van der Waals surface area (Å²) in [5.41, 5.74) is 2.37. The fourth-order valence-corrected chi connectivity index (χ4v) is 4.84. The Morgan fingerprint density at radius 3 is 2.56 bits per heavy atom. The number of sulfonamides is 1. The Balaban J connectivity index is 1.55. The van der Waals surface area contributed by atoms with Crippen molar-refractivity contribution in [2.75, 3.05) is 24.0 Å². The summed E-state index contributed by atoms with van der Waals surface area (Å²) in [5, 5.41) is 2.69. The van der Waals surface area contributed by atoms with E-state index in [1.165, 1.54) is 28.6 Å². The van der Waals surface area contributed by atoms with Crippen LogP contribution < -0.4 is 9.62 Å². The molecule has 3 rings (SSSR count). The summed E-state index contributed by atoms with van der Waals surface area (Å²) < 4.78 is 32.4. The predicted molar refractivity (Wildman–Crippen MR) is 124 cm³/mol.